The Labute approximate surface area is 83.1 Å². The molecule has 0 saturated carbocycles. The van der Waals surface area contributed by atoms with E-state index >= 15 is 0 Å². The number of aryl methyl sites for hydroxylation is 1. The fourth-order valence-corrected chi connectivity index (χ4v) is 1.65. The third kappa shape index (κ3) is 1.87. The highest BCUT2D eigenvalue weighted by Gasteiger charge is 2.19. The molecule has 1 aliphatic rings. The van der Waals surface area contributed by atoms with Crippen LogP contribution in [0.2, 0.25) is 0 Å². The second-order valence-electron chi connectivity index (χ2n) is 3.45. The molecule has 1 aliphatic heterocycles. The zero-order valence-corrected chi connectivity index (χ0v) is 8.12. The quantitative estimate of drug-likeness (QED) is 0.730. The molecule has 0 saturated heterocycles. The number of ether oxygens (including phenoxy) is 1. The van der Waals surface area contributed by atoms with E-state index in [2.05, 4.69) is 11.4 Å². The number of carbonyl (C=O) groups is 1. The van der Waals surface area contributed by atoms with Crippen LogP contribution in [0, 0.1) is 0 Å². The second kappa shape index (κ2) is 3.70. The van der Waals surface area contributed by atoms with E-state index in [1.165, 1.54) is 12.5 Å². The maximum Gasteiger partial charge on any atom is 0.219 e. The molecule has 0 unspecified atom stereocenters. The highest BCUT2D eigenvalue weighted by atomic mass is 16.5. The monoisotopic (exact) mass is 191 g/mol. The van der Waals surface area contributed by atoms with Gasteiger partial charge in [-0.1, -0.05) is 18.2 Å². The Kier molecular flexibility index (Phi) is 2.39. The summed E-state index contributed by atoms with van der Waals surface area (Å²) >= 11 is 0. The molecule has 0 aliphatic carbocycles. The second-order valence-corrected chi connectivity index (χ2v) is 3.45. The van der Waals surface area contributed by atoms with Gasteiger partial charge in [0.25, 0.3) is 0 Å². The van der Waals surface area contributed by atoms with Crippen LogP contribution in [0.15, 0.2) is 24.3 Å². The van der Waals surface area contributed by atoms with Crippen molar-refractivity contribution in [1.82, 2.24) is 5.32 Å². The molecule has 0 spiro atoms. The third-order valence-electron chi connectivity index (χ3n) is 2.28. The van der Waals surface area contributed by atoms with Crippen LogP contribution in [0.4, 0.5) is 0 Å². The third-order valence-corrected chi connectivity index (χ3v) is 2.28. The minimum absolute atomic E-state index is 0.0469. The van der Waals surface area contributed by atoms with Crippen molar-refractivity contribution in [3.63, 3.8) is 0 Å². The number of amides is 1. The van der Waals surface area contributed by atoms with Crippen LogP contribution in [0.25, 0.3) is 0 Å². The molecule has 0 bridgehead atoms. The molecule has 1 amide bonds. The molecule has 1 N–H and O–H groups in total. The molecule has 0 radical (unpaired) electrons. The summed E-state index contributed by atoms with van der Waals surface area (Å²) in [5, 5.41) is 2.76. The van der Waals surface area contributed by atoms with Crippen LogP contribution in [-0.2, 0) is 11.2 Å². The lowest BCUT2D eigenvalue weighted by molar-refractivity contribution is -0.121. The Morgan fingerprint density at radius 3 is 3.07 bits per heavy atom. The molecule has 3 nitrogen and oxygen atoms in total. The van der Waals surface area contributed by atoms with Gasteiger partial charge >= 0.3 is 0 Å². The summed E-state index contributed by atoms with van der Waals surface area (Å²) in [6, 6.07) is 7.93. The Morgan fingerprint density at radius 1 is 1.50 bits per heavy atom. The summed E-state index contributed by atoms with van der Waals surface area (Å²) in [6.07, 6.45) is 1.64. The molecule has 3 heteroatoms. The van der Waals surface area contributed by atoms with Crippen molar-refractivity contribution in [1.29, 1.82) is 0 Å². The Bertz CT molecular complexity index is 349. The van der Waals surface area contributed by atoms with E-state index < -0.39 is 0 Å². The van der Waals surface area contributed by atoms with Gasteiger partial charge in [-0.15, -0.1) is 0 Å². The predicted molar refractivity (Wildman–Crippen MR) is 53.0 cm³/mol. The molecule has 2 rings (SSSR count). The lowest BCUT2D eigenvalue weighted by Crippen LogP contribution is -2.39. The maximum atomic E-state index is 10.8. The largest absolute Gasteiger partial charge is 0.470 e. The van der Waals surface area contributed by atoms with Gasteiger partial charge in [-0.05, 0) is 18.1 Å². The van der Waals surface area contributed by atoms with E-state index in [0.717, 1.165) is 18.6 Å². The molecule has 1 aromatic rings. The average molecular weight is 191 g/mol. The Hall–Kier alpha value is -1.51. The van der Waals surface area contributed by atoms with Crippen molar-refractivity contribution in [2.45, 2.75) is 26.0 Å². The number of para-hydroxylation sites is 1. The van der Waals surface area contributed by atoms with Crippen LogP contribution in [0.5, 0.6) is 5.75 Å². The van der Waals surface area contributed by atoms with Crippen molar-refractivity contribution in [3.05, 3.63) is 29.8 Å². The topological polar surface area (TPSA) is 38.3 Å². The first-order valence-electron chi connectivity index (χ1n) is 4.77. The molecule has 74 valence electrons. The van der Waals surface area contributed by atoms with Gasteiger partial charge in [0, 0.05) is 13.3 Å². The van der Waals surface area contributed by atoms with Gasteiger partial charge < -0.3 is 10.1 Å². The van der Waals surface area contributed by atoms with Crippen molar-refractivity contribution >= 4 is 5.91 Å². The normalized spacial score (nSPS) is 19.4. The molecule has 0 aromatic heterocycles. The average Bonchev–Trinajstić information content (AvgIpc) is 2.17. The number of rotatable bonds is 1. The first kappa shape index (κ1) is 9.06. The number of nitrogens with one attached hydrogen (secondary N) is 1. The molecule has 1 aromatic carbocycles. The van der Waals surface area contributed by atoms with Crippen molar-refractivity contribution in [2.75, 3.05) is 0 Å². The minimum Gasteiger partial charge on any atom is -0.470 e. The fourth-order valence-electron chi connectivity index (χ4n) is 1.65. The van der Waals surface area contributed by atoms with Gasteiger partial charge in [0.1, 0.15) is 5.75 Å². The molecule has 1 heterocycles. The van der Waals surface area contributed by atoms with Gasteiger partial charge in [-0.2, -0.15) is 0 Å². The lowest BCUT2D eigenvalue weighted by Gasteiger charge is -2.26. The van der Waals surface area contributed by atoms with E-state index in [-0.39, 0.29) is 12.1 Å². The summed E-state index contributed by atoms with van der Waals surface area (Å²) in [5.74, 6) is 0.840. The molecule has 0 fully saturated rings. The highest BCUT2D eigenvalue weighted by molar-refractivity contribution is 5.73. The van der Waals surface area contributed by atoms with Crippen LogP contribution < -0.4 is 10.1 Å². The van der Waals surface area contributed by atoms with Gasteiger partial charge in [0.05, 0.1) is 0 Å². The summed E-state index contributed by atoms with van der Waals surface area (Å²) in [6.45, 7) is 1.50. The lowest BCUT2D eigenvalue weighted by atomic mass is 10.1. The molecule has 14 heavy (non-hydrogen) atoms. The molecular formula is C11H13NO2. The number of carbonyl (C=O) groups excluding carboxylic acids is 1. The van der Waals surface area contributed by atoms with Gasteiger partial charge in [0.15, 0.2) is 6.23 Å². The van der Waals surface area contributed by atoms with Gasteiger partial charge in [0.2, 0.25) is 5.91 Å². The van der Waals surface area contributed by atoms with Crippen LogP contribution in [0.1, 0.15) is 18.9 Å². The predicted octanol–water partition coefficient (Wildman–Crippen LogP) is 1.47. The number of benzene rings is 1. The first-order chi connectivity index (χ1) is 6.75. The SMILES string of the molecule is CC(=O)N[C@@H]1CCc2ccccc2O1. The fraction of sp³-hybridized carbons (Fsp3) is 0.364. The zero-order chi connectivity index (χ0) is 9.97. The summed E-state index contributed by atoms with van der Waals surface area (Å²) in [4.78, 5) is 10.8. The van der Waals surface area contributed by atoms with E-state index in [1.54, 1.807) is 0 Å². The summed E-state index contributed by atoms with van der Waals surface area (Å²) in [5.41, 5.74) is 1.22. The van der Waals surface area contributed by atoms with E-state index in [1.807, 2.05) is 18.2 Å². The maximum absolute atomic E-state index is 10.8. The standard InChI is InChI=1S/C11H13NO2/c1-8(13)12-11-7-6-9-4-2-3-5-10(9)14-11/h2-5,11H,6-7H2,1H3,(H,12,13)/t11-/m0/s1. The summed E-state index contributed by atoms with van der Waals surface area (Å²) < 4.78 is 5.61. The van der Waals surface area contributed by atoms with Gasteiger partial charge in [-0.3, -0.25) is 4.79 Å². The van der Waals surface area contributed by atoms with Crippen molar-refractivity contribution in [2.24, 2.45) is 0 Å². The van der Waals surface area contributed by atoms with E-state index in [9.17, 15) is 4.79 Å². The number of fused-ring (bicyclic) bond motifs is 1. The summed E-state index contributed by atoms with van der Waals surface area (Å²) in [7, 11) is 0. The highest BCUT2D eigenvalue weighted by Crippen LogP contribution is 2.25. The number of hydrogen-bond acceptors (Lipinski definition) is 2. The minimum atomic E-state index is -0.164. The van der Waals surface area contributed by atoms with E-state index in [4.69, 9.17) is 4.74 Å². The van der Waals surface area contributed by atoms with Gasteiger partial charge in [-0.25, -0.2) is 0 Å². The van der Waals surface area contributed by atoms with Crippen molar-refractivity contribution in [3.8, 4) is 5.75 Å². The number of hydrogen-bond donors (Lipinski definition) is 1. The molecular weight excluding hydrogens is 178 g/mol. The Morgan fingerprint density at radius 2 is 2.29 bits per heavy atom. The van der Waals surface area contributed by atoms with Crippen LogP contribution in [0.3, 0.4) is 0 Å². The van der Waals surface area contributed by atoms with E-state index in [0.29, 0.717) is 0 Å². The van der Waals surface area contributed by atoms with Crippen LogP contribution in [-0.4, -0.2) is 12.1 Å². The zero-order valence-electron chi connectivity index (χ0n) is 8.12. The Balaban J connectivity index is 2.09. The van der Waals surface area contributed by atoms with Crippen LogP contribution >= 0.6 is 0 Å². The first-order valence-corrected chi connectivity index (χ1v) is 4.77. The molecule has 1 atom stereocenters. The van der Waals surface area contributed by atoms with Crippen molar-refractivity contribution < 1.29 is 9.53 Å². The smallest absolute Gasteiger partial charge is 0.219 e.